The first kappa shape index (κ1) is 19.9. The number of piperazine rings is 1. The Kier molecular flexibility index (Phi) is 5.09. The number of cyclic esters (lactones) is 1. The van der Waals surface area contributed by atoms with Crippen LogP contribution in [-0.4, -0.2) is 39.7 Å². The molecule has 2 aliphatic rings. The lowest BCUT2D eigenvalue weighted by Gasteiger charge is -2.38. The lowest BCUT2D eigenvalue weighted by molar-refractivity contribution is 0.0535. The number of rotatable bonds is 4. The summed E-state index contributed by atoms with van der Waals surface area (Å²) in [6.45, 7) is 6.80. The van der Waals surface area contributed by atoms with E-state index in [1.165, 1.54) is 11.1 Å². The molecule has 3 aromatic rings. The van der Waals surface area contributed by atoms with Gasteiger partial charge in [0.25, 0.3) is 0 Å². The number of hydrogen-bond acceptors (Lipinski definition) is 6. The molecule has 160 valence electrons. The van der Waals surface area contributed by atoms with Crippen LogP contribution >= 0.6 is 0 Å². The number of nitrogens with two attached hydrogens (primary N) is 1. The second kappa shape index (κ2) is 7.92. The van der Waals surface area contributed by atoms with Crippen molar-refractivity contribution in [3.63, 3.8) is 0 Å². The van der Waals surface area contributed by atoms with Crippen LogP contribution in [0.4, 0.5) is 0 Å². The molecule has 3 N–H and O–H groups in total. The van der Waals surface area contributed by atoms with Gasteiger partial charge < -0.3 is 15.0 Å². The van der Waals surface area contributed by atoms with E-state index < -0.39 is 0 Å². The second-order valence-corrected chi connectivity index (χ2v) is 8.51. The fraction of sp³-hybridized carbons (Fsp3) is 0.333. The normalized spacial score (nSPS) is 21.2. The third-order valence-electron chi connectivity index (χ3n) is 6.25. The number of ether oxygens (including phenoxy) is 1. The van der Waals surface area contributed by atoms with E-state index in [2.05, 4.69) is 64.1 Å². The standard InChI is InChI=1S/C24H27N5O2/c1-15-3-5-18(6-4-15)29-10-17(26-14-29)9-28-11-22(27-23(25)12-28)19-7-8-20-21(16(19)2)13-31-24(20)30/h3-8,10,14,22-23,27H,9,11-13,25H2,1-2H3/t22-,23+/m0/s1. The van der Waals surface area contributed by atoms with Crippen molar-refractivity contribution in [2.45, 2.75) is 39.2 Å². The predicted molar refractivity (Wildman–Crippen MR) is 118 cm³/mol. The molecule has 0 spiro atoms. The number of nitrogens with zero attached hydrogens (tertiary/aromatic N) is 3. The summed E-state index contributed by atoms with van der Waals surface area (Å²) >= 11 is 0. The minimum atomic E-state index is -0.233. The van der Waals surface area contributed by atoms with Crippen molar-refractivity contribution in [2.75, 3.05) is 13.1 Å². The van der Waals surface area contributed by atoms with Crippen molar-refractivity contribution < 1.29 is 9.53 Å². The van der Waals surface area contributed by atoms with Crippen molar-refractivity contribution in [3.8, 4) is 5.69 Å². The maximum atomic E-state index is 11.9. The molecule has 3 heterocycles. The molecule has 0 amide bonds. The number of aryl methyl sites for hydroxylation is 1. The van der Waals surface area contributed by atoms with Gasteiger partial charge in [-0.15, -0.1) is 0 Å². The van der Waals surface area contributed by atoms with E-state index in [4.69, 9.17) is 10.5 Å². The summed E-state index contributed by atoms with van der Waals surface area (Å²) in [6, 6.07) is 12.4. The maximum Gasteiger partial charge on any atom is 0.338 e. The molecule has 1 aromatic heterocycles. The van der Waals surface area contributed by atoms with Gasteiger partial charge in [0.15, 0.2) is 0 Å². The highest BCUT2D eigenvalue weighted by Crippen LogP contribution is 2.30. The van der Waals surface area contributed by atoms with Gasteiger partial charge in [-0.1, -0.05) is 23.8 Å². The molecule has 7 nitrogen and oxygen atoms in total. The van der Waals surface area contributed by atoms with Gasteiger partial charge in [-0.3, -0.25) is 10.2 Å². The highest BCUT2D eigenvalue weighted by Gasteiger charge is 2.30. The van der Waals surface area contributed by atoms with Crippen LogP contribution in [0, 0.1) is 13.8 Å². The molecule has 0 aliphatic carbocycles. The smallest absolute Gasteiger partial charge is 0.338 e. The number of nitrogens with one attached hydrogen (secondary N) is 1. The number of fused-ring (bicyclic) bond motifs is 1. The fourth-order valence-electron chi connectivity index (χ4n) is 4.57. The molecule has 2 aromatic carbocycles. The first-order valence-corrected chi connectivity index (χ1v) is 10.6. The topological polar surface area (TPSA) is 85.4 Å². The molecule has 0 unspecified atom stereocenters. The Bertz CT molecular complexity index is 1120. The minimum Gasteiger partial charge on any atom is -0.457 e. The van der Waals surface area contributed by atoms with E-state index in [1.807, 2.05) is 18.5 Å². The molecular formula is C24H27N5O2. The SMILES string of the molecule is Cc1ccc(-n2cnc(CN3C[C@@H](c4ccc5c(c4C)COC5=O)N[C@@H](N)C3)c2)cc1. The summed E-state index contributed by atoms with van der Waals surface area (Å²) in [4.78, 5) is 18.8. The molecule has 1 fully saturated rings. The minimum absolute atomic E-state index is 0.0870. The van der Waals surface area contributed by atoms with E-state index >= 15 is 0 Å². The first-order chi connectivity index (χ1) is 15.0. The molecule has 0 bridgehead atoms. The van der Waals surface area contributed by atoms with Crippen LogP contribution in [0.1, 0.15) is 44.3 Å². The summed E-state index contributed by atoms with van der Waals surface area (Å²) < 4.78 is 7.26. The number of imidazole rings is 1. The van der Waals surface area contributed by atoms with Crippen molar-refractivity contribution in [1.29, 1.82) is 0 Å². The van der Waals surface area contributed by atoms with Crippen molar-refractivity contribution in [1.82, 2.24) is 19.8 Å². The van der Waals surface area contributed by atoms with Gasteiger partial charge in [0, 0.05) is 43.1 Å². The monoisotopic (exact) mass is 417 g/mol. The van der Waals surface area contributed by atoms with Gasteiger partial charge in [-0.05, 0) is 43.2 Å². The summed E-state index contributed by atoms with van der Waals surface area (Å²) in [5, 5.41) is 3.51. The third-order valence-corrected chi connectivity index (χ3v) is 6.25. The maximum absolute atomic E-state index is 11.9. The van der Waals surface area contributed by atoms with Gasteiger partial charge >= 0.3 is 5.97 Å². The van der Waals surface area contributed by atoms with Gasteiger partial charge in [0.1, 0.15) is 6.61 Å². The van der Waals surface area contributed by atoms with E-state index in [0.717, 1.165) is 42.1 Å². The number of benzene rings is 2. The number of hydrogen-bond donors (Lipinski definition) is 2. The molecule has 0 saturated carbocycles. The zero-order valence-corrected chi connectivity index (χ0v) is 17.8. The molecule has 31 heavy (non-hydrogen) atoms. The number of carbonyl (C=O) groups is 1. The Morgan fingerprint density at radius 1 is 1.16 bits per heavy atom. The van der Waals surface area contributed by atoms with Gasteiger partial charge in [-0.2, -0.15) is 0 Å². The van der Waals surface area contributed by atoms with E-state index in [1.54, 1.807) is 0 Å². The fourth-order valence-corrected chi connectivity index (χ4v) is 4.57. The number of carbonyl (C=O) groups excluding carboxylic acids is 1. The first-order valence-electron chi connectivity index (χ1n) is 10.6. The van der Waals surface area contributed by atoms with Crippen LogP contribution in [0.5, 0.6) is 0 Å². The molecule has 7 heteroatoms. The highest BCUT2D eigenvalue weighted by molar-refractivity contribution is 5.94. The van der Waals surface area contributed by atoms with Gasteiger partial charge in [0.05, 0.1) is 23.8 Å². The Labute approximate surface area is 181 Å². The second-order valence-electron chi connectivity index (χ2n) is 8.51. The van der Waals surface area contributed by atoms with E-state index in [-0.39, 0.29) is 18.2 Å². The quantitative estimate of drug-likeness (QED) is 0.635. The number of aromatic nitrogens is 2. The summed E-state index contributed by atoms with van der Waals surface area (Å²) in [5.74, 6) is -0.233. The van der Waals surface area contributed by atoms with Crippen LogP contribution in [0.3, 0.4) is 0 Å². The van der Waals surface area contributed by atoms with Gasteiger partial charge in [-0.25, -0.2) is 9.78 Å². The Hall–Kier alpha value is -3.00. The Morgan fingerprint density at radius 2 is 1.97 bits per heavy atom. The molecule has 0 radical (unpaired) electrons. The molecule has 1 saturated heterocycles. The van der Waals surface area contributed by atoms with Crippen LogP contribution in [0.25, 0.3) is 5.69 Å². The summed E-state index contributed by atoms with van der Waals surface area (Å²) in [5.41, 5.74) is 13.6. The molecule has 2 atom stereocenters. The van der Waals surface area contributed by atoms with Crippen molar-refractivity contribution >= 4 is 5.97 Å². The third kappa shape index (κ3) is 3.87. The van der Waals surface area contributed by atoms with Crippen molar-refractivity contribution in [3.05, 3.63) is 82.4 Å². The van der Waals surface area contributed by atoms with Crippen LogP contribution in [0.15, 0.2) is 48.9 Å². The summed E-state index contributed by atoms with van der Waals surface area (Å²) in [7, 11) is 0. The number of esters is 1. The Balaban J connectivity index is 1.33. The van der Waals surface area contributed by atoms with Crippen LogP contribution in [-0.2, 0) is 17.9 Å². The average Bonchev–Trinajstić information content (AvgIpc) is 3.36. The van der Waals surface area contributed by atoms with Gasteiger partial charge in [0.2, 0.25) is 0 Å². The summed E-state index contributed by atoms with van der Waals surface area (Å²) in [6.07, 6.45) is 3.81. The largest absolute Gasteiger partial charge is 0.457 e. The zero-order chi connectivity index (χ0) is 21.5. The van der Waals surface area contributed by atoms with Crippen molar-refractivity contribution in [2.24, 2.45) is 5.73 Å². The molecular weight excluding hydrogens is 390 g/mol. The molecule has 2 aliphatic heterocycles. The Morgan fingerprint density at radius 3 is 2.77 bits per heavy atom. The zero-order valence-electron chi connectivity index (χ0n) is 17.8. The predicted octanol–water partition coefficient (Wildman–Crippen LogP) is 2.59. The lowest BCUT2D eigenvalue weighted by atomic mass is 9.93. The van der Waals surface area contributed by atoms with E-state index in [9.17, 15) is 4.79 Å². The van der Waals surface area contributed by atoms with Crippen LogP contribution < -0.4 is 11.1 Å². The average molecular weight is 418 g/mol. The van der Waals surface area contributed by atoms with E-state index in [0.29, 0.717) is 12.2 Å². The van der Waals surface area contributed by atoms with Crippen LogP contribution in [0.2, 0.25) is 0 Å². The molecule has 5 rings (SSSR count). The lowest BCUT2D eigenvalue weighted by Crippen LogP contribution is -2.56. The highest BCUT2D eigenvalue weighted by atomic mass is 16.5.